The minimum Gasteiger partial charge on any atom is -0.350 e. The molecule has 1 saturated carbocycles. The van der Waals surface area contributed by atoms with E-state index in [-0.39, 0.29) is 35.6 Å². The Hall–Kier alpha value is -2.64. The Morgan fingerprint density at radius 1 is 1.28 bits per heavy atom. The highest BCUT2D eigenvalue weighted by Gasteiger charge is 2.37. The lowest BCUT2D eigenvalue weighted by atomic mass is 9.73. The van der Waals surface area contributed by atoms with Crippen LogP contribution in [0.15, 0.2) is 12.7 Å². The number of aromatic amines is 1. The van der Waals surface area contributed by atoms with Crippen molar-refractivity contribution in [2.75, 3.05) is 13.1 Å². The molecular formula is C21H29N5O3. The molecule has 4 rings (SSSR count). The van der Waals surface area contributed by atoms with Crippen LogP contribution < -0.4 is 5.32 Å². The van der Waals surface area contributed by atoms with Crippen molar-refractivity contribution >= 4 is 17.7 Å². The molecule has 0 spiro atoms. The molecule has 1 saturated heterocycles. The van der Waals surface area contributed by atoms with Gasteiger partial charge in [0, 0.05) is 50.2 Å². The van der Waals surface area contributed by atoms with Crippen molar-refractivity contribution in [2.45, 2.75) is 58.2 Å². The molecule has 3 heterocycles. The van der Waals surface area contributed by atoms with Gasteiger partial charge in [0.1, 0.15) is 6.04 Å². The first-order chi connectivity index (χ1) is 14.0. The Balaban J connectivity index is 1.40. The van der Waals surface area contributed by atoms with Gasteiger partial charge in [-0.2, -0.15) is 5.10 Å². The maximum Gasteiger partial charge on any atom is 0.245 e. The van der Waals surface area contributed by atoms with Crippen molar-refractivity contribution < 1.29 is 14.4 Å². The first-order valence-electron chi connectivity index (χ1n) is 10.5. The van der Waals surface area contributed by atoms with Crippen LogP contribution in [0.5, 0.6) is 0 Å². The normalized spacial score (nSPS) is 25.9. The monoisotopic (exact) mass is 399 g/mol. The van der Waals surface area contributed by atoms with E-state index in [0.717, 1.165) is 42.6 Å². The van der Waals surface area contributed by atoms with Crippen LogP contribution in [-0.2, 0) is 33.9 Å². The molecule has 3 amide bonds. The molecule has 156 valence electrons. The molecule has 2 fully saturated rings. The summed E-state index contributed by atoms with van der Waals surface area (Å²) >= 11 is 0. The molecule has 3 aliphatic rings. The lowest BCUT2D eigenvalue weighted by Gasteiger charge is -2.33. The fraction of sp³-hybridized carbons (Fsp3) is 0.619. The molecule has 2 aliphatic heterocycles. The number of hydrogen-bond donors (Lipinski definition) is 2. The SMILES string of the molecule is C=C[C@@H]1CC[C@H]1C(=O)NCc1n[nH]c2c1CN(C(=O)[C@@H]1CCCN1C(C)=O)CC2. The highest BCUT2D eigenvalue weighted by atomic mass is 16.2. The predicted octanol–water partition coefficient (Wildman–Crippen LogP) is 1.13. The smallest absolute Gasteiger partial charge is 0.245 e. The van der Waals surface area contributed by atoms with E-state index >= 15 is 0 Å². The molecule has 1 aromatic heterocycles. The highest BCUT2D eigenvalue weighted by Crippen LogP contribution is 2.35. The van der Waals surface area contributed by atoms with Crippen LogP contribution in [0.1, 0.15) is 49.6 Å². The Bertz CT molecular complexity index is 832. The van der Waals surface area contributed by atoms with E-state index in [1.807, 2.05) is 11.0 Å². The summed E-state index contributed by atoms with van der Waals surface area (Å²) in [6, 6.07) is -0.349. The second kappa shape index (κ2) is 8.00. The first-order valence-corrected chi connectivity index (χ1v) is 10.5. The fourth-order valence-corrected chi connectivity index (χ4v) is 4.74. The molecule has 0 bridgehead atoms. The van der Waals surface area contributed by atoms with Crippen molar-refractivity contribution in [2.24, 2.45) is 11.8 Å². The molecule has 0 radical (unpaired) electrons. The summed E-state index contributed by atoms with van der Waals surface area (Å²) in [7, 11) is 0. The molecule has 1 aromatic rings. The number of likely N-dealkylation sites (tertiary alicyclic amines) is 1. The second-order valence-electron chi connectivity index (χ2n) is 8.31. The van der Waals surface area contributed by atoms with E-state index in [1.165, 1.54) is 6.92 Å². The van der Waals surface area contributed by atoms with Crippen molar-refractivity contribution in [3.8, 4) is 0 Å². The minimum absolute atomic E-state index is 0.0141. The maximum absolute atomic E-state index is 13.1. The van der Waals surface area contributed by atoms with Gasteiger partial charge >= 0.3 is 0 Å². The largest absolute Gasteiger partial charge is 0.350 e. The number of H-pyrrole nitrogens is 1. The van der Waals surface area contributed by atoms with Crippen LogP contribution >= 0.6 is 0 Å². The predicted molar refractivity (Wildman–Crippen MR) is 106 cm³/mol. The van der Waals surface area contributed by atoms with Gasteiger partial charge < -0.3 is 15.1 Å². The van der Waals surface area contributed by atoms with Gasteiger partial charge in [-0.05, 0) is 31.6 Å². The van der Waals surface area contributed by atoms with Crippen molar-refractivity contribution in [3.63, 3.8) is 0 Å². The lowest BCUT2D eigenvalue weighted by Crippen LogP contribution is -2.48. The number of amides is 3. The van der Waals surface area contributed by atoms with Gasteiger partial charge in [-0.25, -0.2) is 0 Å². The summed E-state index contributed by atoms with van der Waals surface area (Å²) in [5.41, 5.74) is 2.81. The Kier molecular flexibility index (Phi) is 5.43. The first kappa shape index (κ1) is 19.7. The summed E-state index contributed by atoms with van der Waals surface area (Å²) in [6.07, 6.45) is 6.08. The number of aromatic nitrogens is 2. The summed E-state index contributed by atoms with van der Waals surface area (Å²) in [4.78, 5) is 40.8. The lowest BCUT2D eigenvalue weighted by molar-refractivity contribution is -0.143. The van der Waals surface area contributed by atoms with Crippen molar-refractivity contribution in [1.29, 1.82) is 0 Å². The number of fused-ring (bicyclic) bond motifs is 1. The van der Waals surface area contributed by atoms with E-state index in [9.17, 15) is 14.4 Å². The van der Waals surface area contributed by atoms with Crippen molar-refractivity contribution in [3.05, 3.63) is 29.6 Å². The Morgan fingerprint density at radius 3 is 2.79 bits per heavy atom. The summed E-state index contributed by atoms with van der Waals surface area (Å²) in [6.45, 7) is 7.42. The molecule has 1 aliphatic carbocycles. The van der Waals surface area contributed by atoms with E-state index in [1.54, 1.807) is 4.90 Å². The number of nitrogens with zero attached hydrogens (tertiary/aromatic N) is 3. The summed E-state index contributed by atoms with van der Waals surface area (Å²) < 4.78 is 0. The van der Waals surface area contributed by atoms with E-state index in [2.05, 4.69) is 22.1 Å². The number of hydrogen-bond acceptors (Lipinski definition) is 4. The molecule has 0 aromatic carbocycles. The van der Waals surface area contributed by atoms with Gasteiger partial charge in [0.15, 0.2) is 0 Å². The number of rotatable bonds is 5. The van der Waals surface area contributed by atoms with Gasteiger partial charge in [-0.1, -0.05) is 6.08 Å². The molecule has 8 heteroatoms. The van der Waals surface area contributed by atoms with E-state index in [4.69, 9.17) is 0 Å². The number of nitrogens with one attached hydrogen (secondary N) is 2. The van der Waals surface area contributed by atoms with Crippen LogP contribution in [-0.4, -0.2) is 56.9 Å². The zero-order valence-electron chi connectivity index (χ0n) is 16.9. The van der Waals surface area contributed by atoms with Gasteiger partial charge in [0.2, 0.25) is 17.7 Å². The van der Waals surface area contributed by atoms with E-state index < -0.39 is 0 Å². The van der Waals surface area contributed by atoms with Crippen LogP contribution in [0.25, 0.3) is 0 Å². The average molecular weight is 399 g/mol. The van der Waals surface area contributed by atoms with Gasteiger partial charge in [0.05, 0.1) is 12.2 Å². The van der Waals surface area contributed by atoms with E-state index in [0.29, 0.717) is 32.6 Å². The standard InChI is InChI=1S/C21H29N5O3/c1-3-14-6-7-15(14)20(28)22-11-18-16-12-25(10-8-17(16)23-24-18)21(29)19-5-4-9-26(19)13(2)27/h3,14-15,19H,1,4-12H2,2H3,(H,22,28)(H,23,24)/t14-,15-,19+/m1/s1. The average Bonchev–Trinajstić information content (AvgIpc) is 3.32. The molecule has 8 nitrogen and oxygen atoms in total. The van der Waals surface area contributed by atoms with Gasteiger partial charge in [-0.15, -0.1) is 6.58 Å². The Labute approximate surface area is 170 Å². The number of allylic oxidation sites excluding steroid dienone is 1. The molecular weight excluding hydrogens is 370 g/mol. The summed E-state index contributed by atoms with van der Waals surface area (Å²) in [5.74, 6) is 0.304. The quantitative estimate of drug-likeness (QED) is 0.725. The zero-order valence-corrected chi connectivity index (χ0v) is 16.9. The molecule has 0 unspecified atom stereocenters. The molecule has 3 atom stereocenters. The Morgan fingerprint density at radius 2 is 2.10 bits per heavy atom. The van der Waals surface area contributed by atoms with Crippen LogP contribution in [0.4, 0.5) is 0 Å². The minimum atomic E-state index is -0.349. The second-order valence-corrected chi connectivity index (χ2v) is 8.31. The molecule has 29 heavy (non-hydrogen) atoms. The maximum atomic E-state index is 13.1. The summed E-state index contributed by atoms with van der Waals surface area (Å²) in [5, 5.41) is 10.4. The van der Waals surface area contributed by atoms with Crippen LogP contribution in [0.3, 0.4) is 0 Å². The van der Waals surface area contributed by atoms with Gasteiger partial charge in [-0.3, -0.25) is 19.5 Å². The third-order valence-corrected chi connectivity index (χ3v) is 6.67. The molecule has 2 N–H and O–H groups in total. The fourth-order valence-electron chi connectivity index (χ4n) is 4.74. The van der Waals surface area contributed by atoms with Crippen LogP contribution in [0, 0.1) is 11.8 Å². The topological polar surface area (TPSA) is 98.4 Å². The number of carbonyl (C=O) groups excluding carboxylic acids is 3. The number of carbonyl (C=O) groups is 3. The van der Waals surface area contributed by atoms with Gasteiger partial charge in [0.25, 0.3) is 0 Å². The highest BCUT2D eigenvalue weighted by molar-refractivity contribution is 5.87. The third-order valence-electron chi connectivity index (χ3n) is 6.67. The van der Waals surface area contributed by atoms with Crippen molar-refractivity contribution in [1.82, 2.24) is 25.3 Å². The van der Waals surface area contributed by atoms with Crippen LogP contribution in [0.2, 0.25) is 0 Å². The third kappa shape index (κ3) is 3.68. The zero-order chi connectivity index (χ0) is 20.5.